The number of carbonyl (C=O) groups excluding carboxylic acids is 1. The molecule has 176 valence electrons. The monoisotopic (exact) mass is 471 g/mol. The number of fused-ring (bicyclic) bond motifs is 3. The fourth-order valence-corrected chi connectivity index (χ4v) is 4.35. The zero-order chi connectivity index (χ0) is 24.0. The molecule has 0 spiro atoms. The lowest BCUT2D eigenvalue weighted by Gasteiger charge is -2.15. The Bertz CT molecular complexity index is 1410. The molecule has 0 saturated heterocycles. The zero-order valence-electron chi connectivity index (χ0n) is 18.1. The van der Waals surface area contributed by atoms with E-state index < -0.39 is 17.8 Å². The maximum Gasteiger partial charge on any atom is 0.434 e. The van der Waals surface area contributed by atoms with Crippen LogP contribution < -0.4 is 15.8 Å². The predicted octanol–water partition coefficient (Wildman–Crippen LogP) is 3.35. The topological polar surface area (TPSA) is 113 Å². The van der Waals surface area contributed by atoms with Crippen LogP contribution >= 0.6 is 0 Å². The predicted molar refractivity (Wildman–Crippen MR) is 118 cm³/mol. The van der Waals surface area contributed by atoms with Crippen LogP contribution in [0.4, 0.5) is 24.7 Å². The molecule has 9 nitrogen and oxygen atoms in total. The van der Waals surface area contributed by atoms with Crippen molar-refractivity contribution < 1.29 is 22.7 Å². The number of nitrogens with zero attached hydrogens (tertiary/aromatic N) is 5. The molecule has 5 rings (SSSR count). The average molecular weight is 471 g/mol. The van der Waals surface area contributed by atoms with Crippen molar-refractivity contribution in [2.24, 2.45) is 0 Å². The number of aromatic nitrogens is 5. The summed E-state index contributed by atoms with van der Waals surface area (Å²) < 4.78 is 46.8. The molecule has 3 N–H and O–H groups in total. The van der Waals surface area contributed by atoms with E-state index in [1.807, 2.05) is 10.6 Å². The largest absolute Gasteiger partial charge is 0.494 e. The highest BCUT2D eigenvalue weighted by atomic mass is 19.4. The van der Waals surface area contributed by atoms with Crippen LogP contribution in [-0.2, 0) is 30.4 Å². The molecule has 1 amide bonds. The van der Waals surface area contributed by atoms with E-state index in [0.717, 1.165) is 64.3 Å². The molecule has 0 unspecified atom stereocenters. The first-order chi connectivity index (χ1) is 16.3. The number of rotatable bonds is 5. The molecule has 1 aliphatic rings. The van der Waals surface area contributed by atoms with Crippen molar-refractivity contribution in [1.82, 2.24) is 24.1 Å². The Hall–Kier alpha value is -4.09. The second-order valence-electron chi connectivity index (χ2n) is 7.93. The third-order valence-electron chi connectivity index (χ3n) is 5.79. The molecule has 0 fully saturated rings. The lowest BCUT2D eigenvalue weighted by atomic mass is 10.2. The van der Waals surface area contributed by atoms with Gasteiger partial charge in [-0.25, -0.2) is 15.0 Å². The van der Waals surface area contributed by atoms with Gasteiger partial charge in [0.1, 0.15) is 24.1 Å². The quantitative estimate of drug-likeness (QED) is 0.462. The Kier molecular flexibility index (Phi) is 5.14. The summed E-state index contributed by atoms with van der Waals surface area (Å²) in [6, 6.07) is 5.24. The van der Waals surface area contributed by atoms with E-state index in [2.05, 4.69) is 20.3 Å². The Balaban J connectivity index is 1.44. The Labute approximate surface area is 191 Å². The smallest absolute Gasteiger partial charge is 0.434 e. The van der Waals surface area contributed by atoms with Gasteiger partial charge in [0.15, 0.2) is 11.5 Å². The lowest BCUT2D eigenvalue weighted by molar-refractivity contribution is -0.141. The van der Waals surface area contributed by atoms with Gasteiger partial charge >= 0.3 is 6.18 Å². The third kappa shape index (κ3) is 3.70. The van der Waals surface area contributed by atoms with Crippen molar-refractivity contribution in [3.8, 4) is 11.4 Å². The number of benzene rings is 1. The molecule has 4 aromatic rings. The van der Waals surface area contributed by atoms with Crippen LogP contribution in [0.1, 0.15) is 23.4 Å². The number of nitrogens with two attached hydrogens (primary N) is 1. The summed E-state index contributed by atoms with van der Waals surface area (Å²) in [5.41, 5.74) is 10.1. The Morgan fingerprint density at radius 3 is 2.79 bits per heavy atom. The Morgan fingerprint density at radius 1 is 1.24 bits per heavy atom. The van der Waals surface area contributed by atoms with Gasteiger partial charge in [-0.2, -0.15) is 13.2 Å². The van der Waals surface area contributed by atoms with Crippen LogP contribution in [0.2, 0.25) is 0 Å². The van der Waals surface area contributed by atoms with Crippen molar-refractivity contribution in [3.05, 3.63) is 54.0 Å². The molecular formula is C22H20F3N7O2. The summed E-state index contributed by atoms with van der Waals surface area (Å²) in [7, 11) is 1.47. The highest BCUT2D eigenvalue weighted by Crippen LogP contribution is 2.38. The van der Waals surface area contributed by atoms with Crippen molar-refractivity contribution in [2.75, 3.05) is 18.2 Å². The summed E-state index contributed by atoms with van der Waals surface area (Å²) in [6.07, 6.45) is 1.43. The summed E-state index contributed by atoms with van der Waals surface area (Å²) >= 11 is 0. The zero-order valence-corrected chi connectivity index (χ0v) is 18.1. The second-order valence-corrected chi connectivity index (χ2v) is 7.93. The van der Waals surface area contributed by atoms with E-state index in [9.17, 15) is 18.0 Å². The van der Waals surface area contributed by atoms with E-state index in [-0.39, 0.29) is 6.54 Å². The number of hydrogen-bond acceptors (Lipinski definition) is 6. The minimum Gasteiger partial charge on any atom is -0.494 e. The van der Waals surface area contributed by atoms with E-state index >= 15 is 0 Å². The van der Waals surface area contributed by atoms with E-state index in [0.29, 0.717) is 17.3 Å². The first-order valence-corrected chi connectivity index (χ1v) is 10.5. The van der Waals surface area contributed by atoms with E-state index in [4.69, 9.17) is 10.5 Å². The van der Waals surface area contributed by atoms with Crippen LogP contribution in [0, 0.1) is 0 Å². The van der Waals surface area contributed by atoms with Crippen LogP contribution in [0.5, 0.6) is 5.75 Å². The van der Waals surface area contributed by atoms with Crippen LogP contribution in [0.25, 0.3) is 16.7 Å². The first-order valence-electron chi connectivity index (χ1n) is 10.5. The van der Waals surface area contributed by atoms with E-state index in [1.165, 1.54) is 13.4 Å². The van der Waals surface area contributed by atoms with Crippen molar-refractivity contribution in [1.29, 1.82) is 0 Å². The fraction of sp³-hybridized carbons (Fsp3) is 0.273. The summed E-state index contributed by atoms with van der Waals surface area (Å²) in [5.74, 6) is 0.230. The Morgan fingerprint density at radius 2 is 2.06 bits per heavy atom. The molecule has 0 aliphatic heterocycles. The number of imidazole rings is 1. The highest BCUT2D eigenvalue weighted by Gasteiger charge is 2.33. The number of amides is 1. The van der Waals surface area contributed by atoms with Gasteiger partial charge in [0.25, 0.3) is 0 Å². The number of aryl methyl sites for hydroxylation is 1. The lowest BCUT2D eigenvalue weighted by Crippen LogP contribution is -2.18. The van der Waals surface area contributed by atoms with Gasteiger partial charge in [0.2, 0.25) is 5.91 Å². The number of alkyl halides is 3. The maximum absolute atomic E-state index is 12.7. The molecule has 34 heavy (non-hydrogen) atoms. The summed E-state index contributed by atoms with van der Waals surface area (Å²) in [5, 5.41) is 2.68. The number of nitrogens with one attached hydrogen (secondary N) is 1. The number of ether oxygens (including phenoxy) is 1. The molecular weight excluding hydrogens is 451 g/mol. The minimum atomic E-state index is -4.57. The van der Waals surface area contributed by atoms with Gasteiger partial charge in [-0.15, -0.1) is 0 Å². The van der Waals surface area contributed by atoms with Crippen molar-refractivity contribution >= 4 is 28.4 Å². The van der Waals surface area contributed by atoms with Gasteiger partial charge in [0, 0.05) is 23.6 Å². The van der Waals surface area contributed by atoms with Crippen molar-refractivity contribution in [3.63, 3.8) is 0 Å². The molecule has 0 saturated carbocycles. The third-order valence-corrected chi connectivity index (χ3v) is 5.79. The number of halogens is 3. The number of carbonyl (C=O) groups is 1. The van der Waals surface area contributed by atoms with Crippen molar-refractivity contribution in [2.45, 2.75) is 32.0 Å². The van der Waals surface area contributed by atoms with Gasteiger partial charge in [0.05, 0.1) is 24.6 Å². The normalized spacial score (nSPS) is 13.3. The summed E-state index contributed by atoms with van der Waals surface area (Å²) in [4.78, 5) is 24.3. The van der Waals surface area contributed by atoms with Gasteiger partial charge in [-0.1, -0.05) is 0 Å². The molecule has 0 radical (unpaired) electrons. The molecule has 0 atom stereocenters. The second kappa shape index (κ2) is 8.04. The highest BCUT2D eigenvalue weighted by molar-refractivity contribution is 5.93. The summed E-state index contributed by atoms with van der Waals surface area (Å²) in [6.45, 7) is -0.336. The maximum atomic E-state index is 12.7. The van der Waals surface area contributed by atoms with E-state index in [1.54, 1.807) is 12.1 Å². The standard InChI is InChI=1S/C22H20F3N7O2/c1-34-16-7-12(32-15-4-2-3-13(15)19-20(32)21(26)28-10-27-19)5-6-14(16)30-18(33)9-31-8-17(29-11-31)22(23,24)25/h5-8,10-11H,2-4,9H2,1H3,(H,30,33)(H2,26,27,28). The number of methoxy groups -OCH3 is 1. The van der Waals surface area contributed by atoms with Crippen LogP contribution in [0.15, 0.2) is 37.1 Å². The number of nitrogen functional groups attached to an aromatic ring is 1. The number of hydrogen-bond donors (Lipinski definition) is 2. The molecule has 1 aliphatic carbocycles. The van der Waals surface area contributed by atoms with Crippen LogP contribution in [-0.4, -0.2) is 37.1 Å². The number of anilines is 2. The minimum absolute atomic E-state index is 0.336. The van der Waals surface area contributed by atoms with Gasteiger partial charge < -0.3 is 24.9 Å². The first kappa shape index (κ1) is 21.7. The SMILES string of the molecule is COc1cc(-n2c3c(c4ncnc(N)c42)CCC3)ccc1NC(=O)Cn1cnc(C(F)(F)F)c1. The molecule has 3 aromatic heterocycles. The average Bonchev–Trinajstić information content (AvgIpc) is 3.50. The van der Waals surface area contributed by atoms with Gasteiger partial charge in [-0.3, -0.25) is 4.79 Å². The fourth-order valence-electron chi connectivity index (χ4n) is 4.35. The van der Waals surface area contributed by atoms with Crippen LogP contribution in [0.3, 0.4) is 0 Å². The molecule has 0 bridgehead atoms. The molecule has 3 heterocycles. The molecule has 1 aromatic carbocycles. The van der Waals surface area contributed by atoms with Gasteiger partial charge in [-0.05, 0) is 37.0 Å². The molecule has 12 heteroatoms.